The Morgan fingerprint density at radius 2 is 1.62 bits per heavy atom. The Bertz CT molecular complexity index is 407. The molecule has 0 aliphatic carbocycles. The van der Waals surface area contributed by atoms with Crippen LogP contribution in [-0.2, 0) is 9.53 Å². The molecule has 3 aliphatic rings. The van der Waals surface area contributed by atoms with Crippen molar-refractivity contribution < 1.29 is 9.53 Å². The van der Waals surface area contributed by atoms with E-state index in [0.717, 1.165) is 45.2 Å². The van der Waals surface area contributed by atoms with E-state index in [1.807, 2.05) is 0 Å². The van der Waals surface area contributed by atoms with E-state index in [1.165, 1.54) is 32.2 Å². The van der Waals surface area contributed by atoms with Crippen LogP contribution in [0.25, 0.3) is 0 Å². The van der Waals surface area contributed by atoms with Gasteiger partial charge in [0.2, 0.25) is 5.91 Å². The van der Waals surface area contributed by atoms with Crippen molar-refractivity contribution in [3.05, 3.63) is 0 Å². The summed E-state index contributed by atoms with van der Waals surface area (Å²) in [7, 11) is 0. The second kappa shape index (κ2) is 8.15. The summed E-state index contributed by atoms with van der Waals surface area (Å²) in [4.78, 5) is 19.6. The number of likely N-dealkylation sites (tertiary alicyclic amines) is 2. The first-order chi connectivity index (χ1) is 11.5. The van der Waals surface area contributed by atoms with Crippen molar-refractivity contribution in [2.75, 3.05) is 45.8 Å². The molecular formula is C19H35N3O2. The summed E-state index contributed by atoms with van der Waals surface area (Å²) in [5.74, 6) is 1.12. The van der Waals surface area contributed by atoms with Crippen LogP contribution in [0.3, 0.4) is 0 Å². The highest BCUT2D eigenvalue weighted by molar-refractivity contribution is 5.81. The second-order valence-corrected chi connectivity index (χ2v) is 8.16. The van der Waals surface area contributed by atoms with E-state index in [-0.39, 0.29) is 6.04 Å². The Balaban J connectivity index is 1.42. The van der Waals surface area contributed by atoms with Crippen molar-refractivity contribution in [3.63, 3.8) is 0 Å². The summed E-state index contributed by atoms with van der Waals surface area (Å²) in [5, 5.41) is 0. The van der Waals surface area contributed by atoms with Crippen molar-refractivity contribution in [2.45, 2.75) is 64.7 Å². The lowest BCUT2D eigenvalue weighted by Gasteiger charge is -2.40. The summed E-state index contributed by atoms with van der Waals surface area (Å²) < 4.78 is 5.84. The number of carbonyl (C=O) groups is 1. The van der Waals surface area contributed by atoms with Gasteiger partial charge in [0, 0.05) is 32.7 Å². The molecule has 0 spiro atoms. The molecule has 3 unspecified atom stereocenters. The minimum absolute atomic E-state index is 0.0625. The Hall–Kier alpha value is -0.650. The van der Waals surface area contributed by atoms with Gasteiger partial charge in [-0.3, -0.25) is 14.6 Å². The summed E-state index contributed by atoms with van der Waals surface area (Å²) in [6.07, 6.45) is 5.50. The van der Waals surface area contributed by atoms with Gasteiger partial charge < -0.3 is 9.64 Å². The first-order valence-corrected chi connectivity index (χ1v) is 9.93. The molecule has 0 bridgehead atoms. The number of rotatable bonds is 4. The molecule has 3 rings (SSSR count). The molecule has 0 radical (unpaired) electrons. The molecule has 0 aromatic rings. The summed E-state index contributed by atoms with van der Waals surface area (Å²) in [6, 6.07) is 0.0625. The Morgan fingerprint density at radius 1 is 1.04 bits per heavy atom. The Kier molecular flexibility index (Phi) is 6.17. The Labute approximate surface area is 147 Å². The molecule has 24 heavy (non-hydrogen) atoms. The maximum Gasteiger partial charge on any atom is 0.239 e. The number of amides is 1. The van der Waals surface area contributed by atoms with Crippen LogP contribution < -0.4 is 0 Å². The van der Waals surface area contributed by atoms with Gasteiger partial charge in [0.1, 0.15) is 0 Å². The fourth-order valence-electron chi connectivity index (χ4n) is 4.68. The maximum atomic E-state index is 12.6. The highest BCUT2D eigenvalue weighted by Crippen LogP contribution is 2.23. The number of carbonyl (C=O) groups excluding carboxylic acids is 1. The molecule has 5 nitrogen and oxygen atoms in total. The van der Waals surface area contributed by atoms with Gasteiger partial charge in [0.25, 0.3) is 0 Å². The van der Waals surface area contributed by atoms with Crippen LogP contribution in [0.15, 0.2) is 0 Å². The second-order valence-electron chi connectivity index (χ2n) is 8.16. The highest BCUT2D eigenvalue weighted by Gasteiger charge is 2.31. The van der Waals surface area contributed by atoms with E-state index >= 15 is 0 Å². The molecule has 1 amide bonds. The number of nitrogens with zero attached hydrogens (tertiary/aromatic N) is 3. The lowest BCUT2D eigenvalue weighted by molar-refractivity contribution is -0.136. The van der Waals surface area contributed by atoms with Gasteiger partial charge in [-0.25, -0.2) is 0 Å². The largest absolute Gasteiger partial charge is 0.373 e. The van der Waals surface area contributed by atoms with Crippen molar-refractivity contribution in [1.29, 1.82) is 0 Å². The first kappa shape index (κ1) is 18.2. The summed E-state index contributed by atoms with van der Waals surface area (Å²) in [5.41, 5.74) is 0. The lowest BCUT2D eigenvalue weighted by atomic mass is 9.94. The Morgan fingerprint density at radius 3 is 2.21 bits per heavy atom. The molecule has 0 saturated carbocycles. The van der Waals surface area contributed by atoms with Crippen molar-refractivity contribution >= 4 is 5.91 Å². The third kappa shape index (κ3) is 4.50. The van der Waals surface area contributed by atoms with Gasteiger partial charge >= 0.3 is 0 Å². The minimum Gasteiger partial charge on any atom is -0.373 e. The van der Waals surface area contributed by atoms with Gasteiger partial charge in [-0.2, -0.15) is 0 Å². The molecule has 3 aliphatic heterocycles. The maximum absolute atomic E-state index is 12.6. The predicted octanol–water partition coefficient (Wildman–Crippen LogP) is 1.82. The van der Waals surface area contributed by atoms with Crippen LogP contribution >= 0.6 is 0 Å². The molecule has 3 atom stereocenters. The molecule has 3 saturated heterocycles. The van der Waals surface area contributed by atoms with Gasteiger partial charge in [-0.05, 0) is 65.5 Å². The van der Waals surface area contributed by atoms with E-state index in [1.54, 1.807) is 0 Å². The zero-order chi connectivity index (χ0) is 17.1. The van der Waals surface area contributed by atoms with Crippen LogP contribution in [-0.4, -0.2) is 84.7 Å². The van der Waals surface area contributed by atoms with E-state index in [9.17, 15) is 4.79 Å². The number of hydrogen-bond donors (Lipinski definition) is 0. The van der Waals surface area contributed by atoms with Crippen molar-refractivity contribution in [2.24, 2.45) is 5.92 Å². The van der Waals surface area contributed by atoms with Crippen LogP contribution in [0.4, 0.5) is 0 Å². The van der Waals surface area contributed by atoms with Crippen molar-refractivity contribution in [3.8, 4) is 0 Å². The number of hydrogen-bond acceptors (Lipinski definition) is 4. The third-order valence-electron chi connectivity index (χ3n) is 5.98. The molecular weight excluding hydrogens is 302 g/mol. The number of morpholine rings is 1. The quantitative estimate of drug-likeness (QED) is 0.784. The van der Waals surface area contributed by atoms with Gasteiger partial charge in [0.15, 0.2) is 0 Å². The van der Waals surface area contributed by atoms with Crippen molar-refractivity contribution in [1.82, 2.24) is 14.7 Å². The third-order valence-corrected chi connectivity index (χ3v) is 5.98. The summed E-state index contributed by atoms with van der Waals surface area (Å²) in [6.45, 7) is 13.9. The van der Waals surface area contributed by atoms with Crippen LogP contribution in [0.1, 0.15) is 46.5 Å². The van der Waals surface area contributed by atoms with E-state index in [4.69, 9.17) is 4.74 Å². The normalized spacial score (nSPS) is 32.2. The molecule has 3 heterocycles. The monoisotopic (exact) mass is 337 g/mol. The lowest BCUT2D eigenvalue weighted by Crippen LogP contribution is -2.51. The van der Waals surface area contributed by atoms with Gasteiger partial charge in [-0.1, -0.05) is 0 Å². The highest BCUT2D eigenvalue weighted by atomic mass is 16.5. The minimum atomic E-state index is 0.0625. The molecule has 0 N–H and O–H groups in total. The van der Waals surface area contributed by atoms with Crippen LogP contribution in [0.2, 0.25) is 0 Å². The average molecular weight is 338 g/mol. The summed E-state index contributed by atoms with van der Waals surface area (Å²) >= 11 is 0. The first-order valence-electron chi connectivity index (χ1n) is 9.93. The number of ether oxygens (including phenoxy) is 1. The van der Waals surface area contributed by atoms with E-state index in [2.05, 4.69) is 35.5 Å². The SMILES string of the molecule is CC1CN(CC2CCN(C(C)C(=O)N3CCCC3)CC2)CC(C)O1. The van der Waals surface area contributed by atoms with E-state index in [0.29, 0.717) is 18.1 Å². The van der Waals surface area contributed by atoms with Gasteiger partial charge in [0.05, 0.1) is 18.2 Å². The standard InChI is InChI=1S/C19H35N3O2/c1-15-12-20(13-16(2)24-15)14-18-6-10-21(11-7-18)17(3)19(23)22-8-4-5-9-22/h15-18H,4-14H2,1-3H3. The van der Waals surface area contributed by atoms with Crippen LogP contribution in [0.5, 0.6) is 0 Å². The molecule has 3 fully saturated rings. The zero-order valence-electron chi connectivity index (χ0n) is 15.7. The van der Waals surface area contributed by atoms with E-state index < -0.39 is 0 Å². The molecule has 0 aromatic carbocycles. The average Bonchev–Trinajstić information content (AvgIpc) is 3.07. The fourth-order valence-corrected chi connectivity index (χ4v) is 4.68. The molecule has 0 aromatic heterocycles. The number of piperidine rings is 1. The molecule has 138 valence electrons. The molecule has 5 heteroatoms. The predicted molar refractivity (Wildman–Crippen MR) is 96.0 cm³/mol. The van der Waals surface area contributed by atoms with Gasteiger partial charge in [-0.15, -0.1) is 0 Å². The topological polar surface area (TPSA) is 36.0 Å². The fraction of sp³-hybridized carbons (Fsp3) is 0.947. The zero-order valence-corrected chi connectivity index (χ0v) is 15.7. The smallest absolute Gasteiger partial charge is 0.239 e. The van der Waals surface area contributed by atoms with Crippen LogP contribution in [0, 0.1) is 5.92 Å².